The van der Waals surface area contributed by atoms with E-state index < -0.39 is 0 Å². The summed E-state index contributed by atoms with van der Waals surface area (Å²) in [6.45, 7) is 3.63. The molecule has 1 aliphatic rings. The molecule has 1 saturated carbocycles. The quantitative estimate of drug-likeness (QED) is 0.825. The topological polar surface area (TPSA) is 70.2 Å². The summed E-state index contributed by atoms with van der Waals surface area (Å²) in [7, 11) is 3.92. The zero-order chi connectivity index (χ0) is 20.3. The number of nitrogens with zero attached hydrogens (tertiary/aromatic N) is 3. The number of amides is 1. The van der Waals surface area contributed by atoms with Crippen LogP contribution in [-0.2, 0) is 0 Å². The van der Waals surface area contributed by atoms with Crippen molar-refractivity contribution in [2.24, 2.45) is 0 Å². The van der Waals surface area contributed by atoms with Crippen LogP contribution in [0.3, 0.4) is 0 Å². The summed E-state index contributed by atoms with van der Waals surface area (Å²) in [5.74, 6) is 1.10. The lowest BCUT2D eigenvalue weighted by Crippen LogP contribution is -2.40. The highest BCUT2D eigenvalue weighted by molar-refractivity contribution is 5.94. The molecule has 1 aliphatic carbocycles. The largest absolute Gasteiger partial charge is 0.363 e. The van der Waals surface area contributed by atoms with Crippen molar-refractivity contribution in [3.8, 4) is 0 Å². The van der Waals surface area contributed by atoms with E-state index in [1.807, 2.05) is 32.0 Å². The molecule has 6 nitrogen and oxygen atoms in total. The number of aryl methyl sites for hydroxylation is 2. The Kier molecular flexibility index (Phi) is 6.11. The van der Waals surface area contributed by atoms with E-state index in [0.29, 0.717) is 17.1 Å². The number of carbonyl (C=O) groups is 1. The first-order valence-corrected chi connectivity index (χ1v) is 9.68. The number of anilines is 2. The number of rotatable bonds is 5. The molecule has 0 atom stereocenters. The van der Waals surface area contributed by atoms with Gasteiger partial charge in [-0.1, -0.05) is 0 Å². The highest BCUT2D eigenvalue weighted by atomic mass is 19.1. The Morgan fingerprint density at radius 2 is 1.75 bits per heavy atom. The van der Waals surface area contributed by atoms with E-state index in [1.165, 1.54) is 12.1 Å². The number of hydrogen-bond acceptors (Lipinski definition) is 5. The van der Waals surface area contributed by atoms with E-state index in [-0.39, 0.29) is 23.8 Å². The van der Waals surface area contributed by atoms with E-state index >= 15 is 0 Å². The number of aromatic nitrogens is 2. The number of halogens is 1. The third-order valence-corrected chi connectivity index (χ3v) is 5.11. The van der Waals surface area contributed by atoms with Gasteiger partial charge >= 0.3 is 0 Å². The van der Waals surface area contributed by atoms with Gasteiger partial charge in [0.25, 0.3) is 5.91 Å². The monoisotopic (exact) mass is 385 g/mol. The number of hydrogen-bond donors (Lipinski definition) is 2. The summed E-state index contributed by atoms with van der Waals surface area (Å²) in [5.41, 5.74) is 1.91. The van der Waals surface area contributed by atoms with Crippen LogP contribution in [-0.4, -0.2) is 42.1 Å². The highest BCUT2D eigenvalue weighted by Crippen LogP contribution is 2.23. The van der Waals surface area contributed by atoms with Crippen LogP contribution in [0.15, 0.2) is 24.3 Å². The van der Waals surface area contributed by atoms with Crippen molar-refractivity contribution in [2.45, 2.75) is 51.6 Å². The number of nitrogens with one attached hydrogen (secondary N) is 2. The minimum absolute atomic E-state index is 0.131. The third kappa shape index (κ3) is 4.97. The lowest BCUT2D eigenvalue weighted by molar-refractivity contribution is 0.0926. The van der Waals surface area contributed by atoms with E-state index in [2.05, 4.69) is 20.6 Å². The first-order valence-electron chi connectivity index (χ1n) is 9.68. The number of benzene rings is 1. The van der Waals surface area contributed by atoms with Crippen LogP contribution in [0.2, 0.25) is 0 Å². The molecule has 1 aromatic carbocycles. The Morgan fingerprint density at radius 1 is 1.07 bits per heavy atom. The Balaban J connectivity index is 1.53. The Labute approximate surface area is 165 Å². The van der Waals surface area contributed by atoms with E-state index in [1.54, 1.807) is 13.0 Å². The average Bonchev–Trinajstić information content (AvgIpc) is 2.65. The fourth-order valence-electron chi connectivity index (χ4n) is 3.46. The molecule has 0 saturated heterocycles. The zero-order valence-electron chi connectivity index (χ0n) is 16.9. The summed E-state index contributed by atoms with van der Waals surface area (Å²) in [5, 5.41) is 6.51. The summed E-state index contributed by atoms with van der Waals surface area (Å²) in [6, 6.07) is 6.84. The van der Waals surface area contributed by atoms with Crippen LogP contribution in [0.4, 0.5) is 16.2 Å². The van der Waals surface area contributed by atoms with Gasteiger partial charge in [-0.05, 0) is 63.3 Å². The predicted octanol–water partition coefficient (Wildman–Crippen LogP) is 3.45. The molecule has 7 heteroatoms. The molecule has 1 heterocycles. The zero-order valence-corrected chi connectivity index (χ0v) is 16.9. The predicted molar refractivity (Wildman–Crippen MR) is 109 cm³/mol. The molecule has 150 valence electrons. The molecule has 28 heavy (non-hydrogen) atoms. The molecule has 0 spiro atoms. The molecule has 1 amide bonds. The summed E-state index contributed by atoms with van der Waals surface area (Å²) >= 11 is 0. The van der Waals surface area contributed by atoms with E-state index in [4.69, 9.17) is 0 Å². The molecule has 0 radical (unpaired) electrons. The van der Waals surface area contributed by atoms with Crippen LogP contribution in [0.5, 0.6) is 0 Å². The molecular weight excluding hydrogens is 357 g/mol. The van der Waals surface area contributed by atoms with Crippen molar-refractivity contribution in [1.29, 1.82) is 0 Å². The molecule has 0 bridgehead atoms. The van der Waals surface area contributed by atoms with Crippen LogP contribution in [0, 0.1) is 19.7 Å². The molecular formula is C21H28FN5O. The maximum Gasteiger partial charge on any atom is 0.251 e. The van der Waals surface area contributed by atoms with Gasteiger partial charge in [-0.25, -0.2) is 9.37 Å². The fourth-order valence-corrected chi connectivity index (χ4v) is 3.46. The SMILES string of the molecule is Cc1cc(N(C)C)nc(N[C@H]2CC[C@@H](NC(=O)c3ccc(F)c(C)c3)CC2)n1. The first kappa shape index (κ1) is 20.0. The minimum Gasteiger partial charge on any atom is -0.363 e. The third-order valence-electron chi connectivity index (χ3n) is 5.11. The van der Waals surface area contributed by atoms with Gasteiger partial charge in [0.2, 0.25) is 5.95 Å². The van der Waals surface area contributed by atoms with Crippen molar-refractivity contribution < 1.29 is 9.18 Å². The van der Waals surface area contributed by atoms with Gasteiger partial charge in [0.15, 0.2) is 0 Å². The smallest absolute Gasteiger partial charge is 0.251 e. The first-order chi connectivity index (χ1) is 13.3. The Morgan fingerprint density at radius 3 is 2.39 bits per heavy atom. The van der Waals surface area contributed by atoms with Crippen molar-refractivity contribution >= 4 is 17.7 Å². The van der Waals surface area contributed by atoms with E-state index in [9.17, 15) is 9.18 Å². The normalized spacial score (nSPS) is 19.2. The highest BCUT2D eigenvalue weighted by Gasteiger charge is 2.23. The van der Waals surface area contributed by atoms with Gasteiger partial charge in [-0.2, -0.15) is 4.98 Å². The second-order valence-electron chi connectivity index (χ2n) is 7.72. The second-order valence-corrected chi connectivity index (χ2v) is 7.72. The minimum atomic E-state index is -0.293. The van der Waals surface area contributed by atoms with Crippen molar-refractivity contribution in [1.82, 2.24) is 15.3 Å². The van der Waals surface area contributed by atoms with Crippen LogP contribution in [0.25, 0.3) is 0 Å². The van der Waals surface area contributed by atoms with Crippen molar-refractivity contribution in [3.05, 3.63) is 46.9 Å². The van der Waals surface area contributed by atoms with Gasteiger partial charge in [-0.15, -0.1) is 0 Å². The van der Waals surface area contributed by atoms with Gasteiger partial charge in [0.05, 0.1) is 0 Å². The molecule has 1 fully saturated rings. The molecule has 0 unspecified atom stereocenters. The maximum atomic E-state index is 13.4. The van der Waals surface area contributed by atoms with Gasteiger partial charge in [0.1, 0.15) is 11.6 Å². The van der Waals surface area contributed by atoms with Gasteiger partial charge < -0.3 is 15.5 Å². The molecule has 2 N–H and O–H groups in total. The standard InChI is InChI=1S/C21H28FN5O/c1-13-11-15(5-10-18(13)22)20(28)24-16-6-8-17(9-7-16)25-21-23-14(2)12-19(26-21)27(3)4/h5,10-12,16-17H,6-9H2,1-4H3,(H,24,28)(H,23,25,26)/t16-,17+. The lowest BCUT2D eigenvalue weighted by Gasteiger charge is -2.30. The molecule has 2 aromatic rings. The number of carbonyl (C=O) groups excluding carboxylic acids is 1. The summed E-state index contributed by atoms with van der Waals surface area (Å²) in [6.07, 6.45) is 3.63. The summed E-state index contributed by atoms with van der Waals surface area (Å²) in [4.78, 5) is 23.4. The fraction of sp³-hybridized carbons (Fsp3) is 0.476. The summed E-state index contributed by atoms with van der Waals surface area (Å²) < 4.78 is 13.4. The molecule has 1 aromatic heterocycles. The molecule has 3 rings (SSSR count). The van der Waals surface area contributed by atoms with Crippen LogP contribution < -0.4 is 15.5 Å². The van der Waals surface area contributed by atoms with Crippen LogP contribution >= 0.6 is 0 Å². The van der Waals surface area contributed by atoms with Crippen molar-refractivity contribution in [3.63, 3.8) is 0 Å². The van der Waals surface area contributed by atoms with Crippen molar-refractivity contribution in [2.75, 3.05) is 24.3 Å². The van der Waals surface area contributed by atoms with E-state index in [0.717, 1.165) is 37.2 Å². The maximum absolute atomic E-state index is 13.4. The van der Waals surface area contributed by atoms with Gasteiger partial charge in [-0.3, -0.25) is 4.79 Å². The van der Waals surface area contributed by atoms with Crippen LogP contribution in [0.1, 0.15) is 47.3 Å². The Hall–Kier alpha value is -2.70. The lowest BCUT2D eigenvalue weighted by atomic mass is 9.91. The van der Waals surface area contributed by atoms with Gasteiger partial charge in [0, 0.05) is 43.5 Å². The molecule has 0 aliphatic heterocycles. The Bertz CT molecular complexity index is 847. The second kappa shape index (κ2) is 8.54. The average molecular weight is 385 g/mol.